The highest BCUT2D eigenvalue weighted by atomic mass is 79.9. The number of carbonyl (C=O) groups excluding carboxylic acids is 1. The second-order valence-electron chi connectivity index (χ2n) is 5.15. The van der Waals surface area contributed by atoms with Crippen LogP contribution >= 0.6 is 15.9 Å². The molecule has 3 fully saturated rings. The van der Waals surface area contributed by atoms with Crippen LogP contribution in [-0.4, -0.2) is 11.4 Å². The van der Waals surface area contributed by atoms with Gasteiger partial charge in [-0.1, -0.05) is 12.1 Å². The molecule has 0 heterocycles. The van der Waals surface area contributed by atoms with Crippen LogP contribution < -0.4 is 5.32 Å². The van der Waals surface area contributed by atoms with Crippen molar-refractivity contribution in [1.29, 1.82) is 0 Å². The van der Waals surface area contributed by atoms with E-state index in [1.54, 1.807) is 0 Å². The van der Waals surface area contributed by atoms with Gasteiger partial charge in [-0.05, 0) is 59.7 Å². The SMILES string of the molecule is Cc1cccc(C(=O)NC23CC(C2)C3)c1Br. The number of hydrogen-bond acceptors (Lipinski definition) is 1. The predicted octanol–water partition coefficient (Wildman–Crippen LogP) is 3.04. The molecule has 0 radical (unpaired) electrons. The fourth-order valence-electron chi connectivity index (χ4n) is 2.76. The summed E-state index contributed by atoms with van der Waals surface area (Å²) in [6.07, 6.45) is 3.55. The molecule has 0 saturated heterocycles. The third kappa shape index (κ3) is 1.41. The first kappa shape index (κ1) is 10.3. The molecule has 0 unspecified atom stereocenters. The van der Waals surface area contributed by atoms with Gasteiger partial charge in [-0.15, -0.1) is 0 Å². The number of benzene rings is 1. The van der Waals surface area contributed by atoms with Crippen LogP contribution in [0.25, 0.3) is 0 Å². The van der Waals surface area contributed by atoms with E-state index >= 15 is 0 Å². The maximum atomic E-state index is 12.1. The van der Waals surface area contributed by atoms with Crippen molar-refractivity contribution in [2.75, 3.05) is 0 Å². The van der Waals surface area contributed by atoms with Crippen LogP contribution in [0.15, 0.2) is 22.7 Å². The predicted molar refractivity (Wildman–Crippen MR) is 66.4 cm³/mol. The molecule has 0 aromatic heterocycles. The normalized spacial score (nSPS) is 30.2. The van der Waals surface area contributed by atoms with Gasteiger partial charge in [-0.25, -0.2) is 0 Å². The van der Waals surface area contributed by atoms with Crippen LogP contribution in [-0.2, 0) is 0 Å². The van der Waals surface area contributed by atoms with E-state index in [-0.39, 0.29) is 11.4 Å². The van der Waals surface area contributed by atoms with Crippen molar-refractivity contribution < 1.29 is 4.79 Å². The number of rotatable bonds is 2. The Balaban J connectivity index is 1.80. The second kappa shape index (κ2) is 3.33. The average Bonchev–Trinajstić information content (AvgIpc) is 2.13. The molecule has 1 aromatic carbocycles. The lowest BCUT2D eigenvalue weighted by Gasteiger charge is -2.61. The van der Waals surface area contributed by atoms with Crippen LogP contribution in [0.3, 0.4) is 0 Å². The second-order valence-corrected chi connectivity index (χ2v) is 5.94. The maximum Gasteiger partial charge on any atom is 0.252 e. The fourth-order valence-corrected chi connectivity index (χ4v) is 3.21. The Morgan fingerprint density at radius 1 is 1.44 bits per heavy atom. The van der Waals surface area contributed by atoms with Crippen molar-refractivity contribution in [1.82, 2.24) is 5.32 Å². The molecule has 1 aromatic rings. The van der Waals surface area contributed by atoms with Crippen LogP contribution in [0.2, 0.25) is 0 Å². The van der Waals surface area contributed by atoms with Gasteiger partial charge in [0.2, 0.25) is 0 Å². The van der Waals surface area contributed by atoms with Crippen molar-refractivity contribution >= 4 is 21.8 Å². The third-order valence-electron chi connectivity index (χ3n) is 3.85. The number of halogens is 1. The fraction of sp³-hybridized carbons (Fsp3) is 0.462. The zero-order valence-corrected chi connectivity index (χ0v) is 10.8. The average molecular weight is 280 g/mol. The summed E-state index contributed by atoms with van der Waals surface area (Å²) in [6.45, 7) is 2.00. The van der Waals surface area contributed by atoms with E-state index in [0.717, 1.165) is 21.5 Å². The Kier molecular flexibility index (Phi) is 2.15. The lowest BCUT2D eigenvalue weighted by atomic mass is 9.50. The van der Waals surface area contributed by atoms with Gasteiger partial charge in [0.1, 0.15) is 0 Å². The molecule has 3 saturated carbocycles. The maximum absolute atomic E-state index is 12.1. The summed E-state index contributed by atoms with van der Waals surface area (Å²) in [4.78, 5) is 12.1. The standard InChI is InChI=1S/C13H14BrNO/c1-8-3-2-4-10(11(8)14)12(16)15-13-5-9(6-13)7-13/h2-4,9H,5-7H2,1H3,(H,15,16). The Hall–Kier alpha value is -0.830. The quantitative estimate of drug-likeness (QED) is 0.886. The number of amides is 1. The van der Waals surface area contributed by atoms with Crippen LogP contribution in [0.1, 0.15) is 35.2 Å². The summed E-state index contributed by atoms with van der Waals surface area (Å²) in [5.74, 6) is 0.954. The summed E-state index contributed by atoms with van der Waals surface area (Å²) in [7, 11) is 0. The lowest BCUT2D eigenvalue weighted by Crippen LogP contribution is -2.68. The molecule has 0 spiro atoms. The zero-order chi connectivity index (χ0) is 11.3. The monoisotopic (exact) mass is 279 g/mol. The Bertz CT molecular complexity index is 452. The first-order chi connectivity index (χ1) is 7.60. The zero-order valence-electron chi connectivity index (χ0n) is 9.22. The Morgan fingerprint density at radius 3 is 2.69 bits per heavy atom. The molecule has 3 aliphatic rings. The van der Waals surface area contributed by atoms with Crippen molar-refractivity contribution in [3.05, 3.63) is 33.8 Å². The third-order valence-corrected chi connectivity index (χ3v) is 4.91. The molecular weight excluding hydrogens is 266 g/mol. The topological polar surface area (TPSA) is 29.1 Å². The highest BCUT2D eigenvalue weighted by molar-refractivity contribution is 9.10. The molecule has 2 bridgehead atoms. The van der Waals surface area contributed by atoms with Gasteiger partial charge in [-0.2, -0.15) is 0 Å². The minimum atomic E-state index is 0.0636. The largest absolute Gasteiger partial charge is 0.347 e. The summed E-state index contributed by atoms with van der Waals surface area (Å²) in [5.41, 5.74) is 2.01. The van der Waals surface area contributed by atoms with E-state index in [9.17, 15) is 4.79 Å². The molecule has 84 valence electrons. The van der Waals surface area contributed by atoms with E-state index in [2.05, 4.69) is 21.2 Å². The molecule has 3 aliphatic carbocycles. The van der Waals surface area contributed by atoms with Crippen molar-refractivity contribution in [3.8, 4) is 0 Å². The van der Waals surface area contributed by atoms with Crippen LogP contribution in [0.5, 0.6) is 0 Å². The number of aryl methyl sites for hydroxylation is 1. The molecule has 0 aliphatic heterocycles. The first-order valence-corrected chi connectivity index (χ1v) is 6.47. The molecule has 1 N–H and O–H groups in total. The molecular formula is C13H14BrNO. The van der Waals surface area contributed by atoms with Crippen LogP contribution in [0, 0.1) is 12.8 Å². The van der Waals surface area contributed by atoms with Crippen LogP contribution in [0.4, 0.5) is 0 Å². The molecule has 0 atom stereocenters. The minimum Gasteiger partial charge on any atom is -0.347 e. The summed E-state index contributed by atoms with van der Waals surface area (Å²) < 4.78 is 0.916. The summed E-state index contributed by atoms with van der Waals surface area (Å²) in [6, 6.07) is 5.80. The van der Waals surface area contributed by atoms with E-state index in [1.165, 1.54) is 19.3 Å². The van der Waals surface area contributed by atoms with E-state index in [4.69, 9.17) is 0 Å². The molecule has 16 heavy (non-hydrogen) atoms. The number of carbonyl (C=O) groups is 1. The molecule has 1 amide bonds. The van der Waals surface area contributed by atoms with Crippen molar-refractivity contribution in [2.45, 2.75) is 31.7 Å². The van der Waals surface area contributed by atoms with Crippen molar-refractivity contribution in [2.24, 2.45) is 5.92 Å². The highest BCUT2D eigenvalue weighted by Gasteiger charge is 2.57. The van der Waals surface area contributed by atoms with Gasteiger partial charge < -0.3 is 5.32 Å². The number of nitrogens with one attached hydrogen (secondary N) is 1. The molecule has 2 nitrogen and oxygen atoms in total. The number of hydrogen-bond donors (Lipinski definition) is 1. The van der Waals surface area contributed by atoms with Gasteiger partial charge in [0, 0.05) is 10.0 Å². The Labute approximate surface area is 104 Å². The van der Waals surface area contributed by atoms with E-state index in [0.29, 0.717) is 0 Å². The first-order valence-electron chi connectivity index (χ1n) is 5.67. The summed E-state index contributed by atoms with van der Waals surface area (Å²) in [5, 5.41) is 3.17. The van der Waals surface area contributed by atoms with E-state index < -0.39 is 0 Å². The lowest BCUT2D eigenvalue weighted by molar-refractivity contribution is -0.0438. The highest BCUT2D eigenvalue weighted by Crippen LogP contribution is 2.57. The van der Waals surface area contributed by atoms with Gasteiger partial charge in [0.05, 0.1) is 5.56 Å². The van der Waals surface area contributed by atoms with Gasteiger partial charge in [0.15, 0.2) is 0 Å². The smallest absolute Gasteiger partial charge is 0.252 e. The minimum absolute atomic E-state index is 0.0636. The summed E-state index contributed by atoms with van der Waals surface area (Å²) >= 11 is 3.48. The Morgan fingerprint density at radius 2 is 2.12 bits per heavy atom. The van der Waals surface area contributed by atoms with Crippen molar-refractivity contribution in [3.63, 3.8) is 0 Å². The van der Waals surface area contributed by atoms with Gasteiger partial charge >= 0.3 is 0 Å². The molecule has 4 rings (SSSR count). The van der Waals surface area contributed by atoms with Gasteiger partial charge in [0.25, 0.3) is 5.91 Å². The van der Waals surface area contributed by atoms with Gasteiger partial charge in [-0.3, -0.25) is 4.79 Å². The van der Waals surface area contributed by atoms with E-state index in [1.807, 2.05) is 25.1 Å². The molecule has 3 heteroatoms.